The van der Waals surface area contributed by atoms with E-state index in [0.29, 0.717) is 0 Å². The smallest absolute Gasteiger partial charge is 0.0741 e. The Balaban J connectivity index is 2.33. The highest BCUT2D eigenvalue weighted by Crippen LogP contribution is 2.29. The summed E-state index contributed by atoms with van der Waals surface area (Å²) in [5.41, 5.74) is 8.48. The van der Waals surface area contributed by atoms with E-state index in [1.165, 1.54) is 33.2 Å². The summed E-state index contributed by atoms with van der Waals surface area (Å²) in [5.74, 6) is 0. The van der Waals surface area contributed by atoms with Gasteiger partial charge in [-0.1, -0.05) is 30.3 Å². The summed E-state index contributed by atoms with van der Waals surface area (Å²) in [7, 11) is 0. The van der Waals surface area contributed by atoms with Crippen molar-refractivity contribution in [2.75, 3.05) is 0 Å². The number of hydrogen-bond acceptors (Lipinski definition) is 1. The highest BCUT2D eigenvalue weighted by molar-refractivity contribution is 5.87. The van der Waals surface area contributed by atoms with Gasteiger partial charge in [-0.15, -0.1) is 0 Å². The molecule has 2 aromatic carbocycles. The zero-order valence-corrected chi connectivity index (χ0v) is 12.5. The molecule has 20 heavy (non-hydrogen) atoms. The highest BCUT2D eigenvalue weighted by atomic mass is 14.7. The maximum Gasteiger partial charge on any atom is 0.0741 e. The first-order chi connectivity index (χ1) is 9.56. The maximum atomic E-state index is 4.93. The third-order valence-electron chi connectivity index (χ3n) is 3.88. The molecule has 3 aromatic rings. The summed E-state index contributed by atoms with van der Waals surface area (Å²) in [4.78, 5) is 4.93. The Bertz CT molecular complexity index is 800. The topological polar surface area (TPSA) is 12.9 Å². The Morgan fingerprint density at radius 2 is 1.50 bits per heavy atom. The molecule has 1 aromatic heterocycles. The quantitative estimate of drug-likeness (QED) is 0.591. The van der Waals surface area contributed by atoms with Crippen LogP contribution in [0.5, 0.6) is 0 Å². The Labute approximate surface area is 120 Å². The second-order valence-electron chi connectivity index (χ2n) is 5.62. The standard InChI is InChI=1S/C19H19N/c1-12-9-14(3)17-11-15(4)19(20-18(17)10-12)16-8-6-5-7-13(16)2/h5-11H,1-4H3. The number of rotatable bonds is 1. The van der Waals surface area contributed by atoms with Crippen molar-refractivity contribution in [2.45, 2.75) is 27.7 Å². The normalized spacial score (nSPS) is 11.0. The second kappa shape index (κ2) is 4.75. The lowest BCUT2D eigenvalue weighted by molar-refractivity contribution is 1.29. The largest absolute Gasteiger partial charge is 0.247 e. The van der Waals surface area contributed by atoms with Crippen LogP contribution in [0.2, 0.25) is 0 Å². The lowest BCUT2D eigenvalue weighted by atomic mass is 9.98. The minimum absolute atomic E-state index is 1.09. The molecule has 0 radical (unpaired) electrons. The van der Waals surface area contributed by atoms with E-state index in [1.54, 1.807) is 0 Å². The van der Waals surface area contributed by atoms with E-state index in [9.17, 15) is 0 Å². The van der Waals surface area contributed by atoms with E-state index in [0.717, 1.165) is 11.2 Å². The summed E-state index contributed by atoms with van der Waals surface area (Å²) in [6.45, 7) is 8.57. The molecule has 1 heterocycles. The molecule has 100 valence electrons. The zero-order chi connectivity index (χ0) is 14.3. The van der Waals surface area contributed by atoms with Gasteiger partial charge in [0, 0.05) is 10.9 Å². The molecule has 0 fully saturated rings. The van der Waals surface area contributed by atoms with Gasteiger partial charge in [-0.3, -0.25) is 0 Å². The van der Waals surface area contributed by atoms with Crippen molar-refractivity contribution in [1.82, 2.24) is 4.98 Å². The molecule has 0 bridgehead atoms. The number of fused-ring (bicyclic) bond motifs is 1. The molecule has 0 unspecified atom stereocenters. The van der Waals surface area contributed by atoms with E-state index in [2.05, 4.69) is 70.2 Å². The van der Waals surface area contributed by atoms with Crippen LogP contribution < -0.4 is 0 Å². The van der Waals surface area contributed by atoms with Crippen molar-refractivity contribution in [3.05, 3.63) is 64.7 Å². The van der Waals surface area contributed by atoms with Gasteiger partial charge in [-0.05, 0) is 62.1 Å². The maximum absolute atomic E-state index is 4.93. The molecule has 0 spiro atoms. The van der Waals surface area contributed by atoms with Crippen LogP contribution in [0.4, 0.5) is 0 Å². The first-order valence-electron chi connectivity index (χ1n) is 7.01. The van der Waals surface area contributed by atoms with Crippen LogP contribution in [0, 0.1) is 27.7 Å². The van der Waals surface area contributed by atoms with Gasteiger partial charge in [0.25, 0.3) is 0 Å². The summed E-state index contributed by atoms with van der Waals surface area (Å²) >= 11 is 0. The van der Waals surface area contributed by atoms with E-state index >= 15 is 0 Å². The van der Waals surface area contributed by atoms with Crippen LogP contribution in [0.1, 0.15) is 22.3 Å². The number of nitrogens with zero attached hydrogens (tertiary/aromatic N) is 1. The fraction of sp³-hybridized carbons (Fsp3) is 0.211. The second-order valence-corrected chi connectivity index (χ2v) is 5.62. The molecule has 0 amide bonds. The van der Waals surface area contributed by atoms with Crippen molar-refractivity contribution >= 4 is 10.9 Å². The highest BCUT2D eigenvalue weighted by Gasteiger charge is 2.09. The summed E-state index contributed by atoms with van der Waals surface area (Å²) in [6, 6.07) is 15.1. The van der Waals surface area contributed by atoms with Crippen molar-refractivity contribution < 1.29 is 0 Å². The first-order valence-corrected chi connectivity index (χ1v) is 7.01. The van der Waals surface area contributed by atoms with Crippen molar-refractivity contribution in [3.8, 4) is 11.3 Å². The molecular formula is C19H19N. The van der Waals surface area contributed by atoms with Crippen LogP contribution in [0.25, 0.3) is 22.2 Å². The molecule has 0 saturated heterocycles. The van der Waals surface area contributed by atoms with Gasteiger partial charge in [0.05, 0.1) is 11.2 Å². The van der Waals surface area contributed by atoms with Gasteiger partial charge in [0.15, 0.2) is 0 Å². The van der Waals surface area contributed by atoms with Gasteiger partial charge in [0.2, 0.25) is 0 Å². The number of benzene rings is 2. The third-order valence-corrected chi connectivity index (χ3v) is 3.88. The van der Waals surface area contributed by atoms with E-state index in [-0.39, 0.29) is 0 Å². The molecule has 0 saturated carbocycles. The van der Waals surface area contributed by atoms with Crippen LogP contribution in [-0.2, 0) is 0 Å². The molecule has 0 aliphatic heterocycles. The monoisotopic (exact) mass is 261 g/mol. The lowest BCUT2D eigenvalue weighted by Crippen LogP contribution is -1.94. The van der Waals surface area contributed by atoms with Crippen LogP contribution in [-0.4, -0.2) is 4.98 Å². The molecule has 0 aliphatic carbocycles. The number of hydrogen-bond donors (Lipinski definition) is 0. The van der Waals surface area contributed by atoms with Crippen molar-refractivity contribution in [3.63, 3.8) is 0 Å². The number of aryl methyl sites for hydroxylation is 4. The fourth-order valence-corrected chi connectivity index (χ4v) is 2.84. The van der Waals surface area contributed by atoms with E-state index in [1.807, 2.05) is 0 Å². The van der Waals surface area contributed by atoms with Gasteiger partial charge in [0.1, 0.15) is 0 Å². The molecule has 3 rings (SSSR count). The third kappa shape index (κ3) is 2.09. The lowest BCUT2D eigenvalue weighted by Gasteiger charge is -2.12. The SMILES string of the molecule is Cc1cc(C)c2cc(C)c(-c3ccccc3C)nc2c1. The predicted molar refractivity (Wildman–Crippen MR) is 86.1 cm³/mol. The van der Waals surface area contributed by atoms with Gasteiger partial charge < -0.3 is 0 Å². The molecule has 0 aliphatic rings. The van der Waals surface area contributed by atoms with Crippen molar-refractivity contribution in [1.29, 1.82) is 0 Å². The number of pyridine rings is 1. The molecule has 0 N–H and O–H groups in total. The average molecular weight is 261 g/mol. The van der Waals surface area contributed by atoms with E-state index < -0.39 is 0 Å². The molecule has 1 nitrogen and oxygen atoms in total. The van der Waals surface area contributed by atoms with Gasteiger partial charge in [-0.25, -0.2) is 4.98 Å². The zero-order valence-electron chi connectivity index (χ0n) is 12.5. The Morgan fingerprint density at radius 3 is 2.25 bits per heavy atom. The molecule has 0 atom stereocenters. The average Bonchev–Trinajstić information content (AvgIpc) is 2.40. The molecular weight excluding hydrogens is 242 g/mol. The minimum atomic E-state index is 1.09. The summed E-state index contributed by atoms with van der Waals surface area (Å²) in [5, 5.41) is 1.26. The Kier molecular flexibility index (Phi) is 3.06. The first kappa shape index (κ1) is 12.9. The summed E-state index contributed by atoms with van der Waals surface area (Å²) in [6.07, 6.45) is 0. The van der Waals surface area contributed by atoms with Crippen molar-refractivity contribution in [2.24, 2.45) is 0 Å². The van der Waals surface area contributed by atoms with Crippen LogP contribution in [0.15, 0.2) is 42.5 Å². The van der Waals surface area contributed by atoms with Gasteiger partial charge >= 0.3 is 0 Å². The van der Waals surface area contributed by atoms with E-state index in [4.69, 9.17) is 4.98 Å². The van der Waals surface area contributed by atoms with Crippen LogP contribution >= 0.6 is 0 Å². The van der Waals surface area contributed by atoms with Crippen LogP contribution in [0.3, 0.4) is 0 Å². The summed E-state index contributed by atoms with van der Waals surface area (Å²) < 4.78 is 0. The van der Waals surface area contributed by atoms with Gasteiger partial charge in [-0.2, -0.15) is 0 Å². The Morgan fingerprint density at radius 1 is 0.750 bits per heavy atom. The minimum Gasteiger partial charge on any atom is -0.247 e. The number of aromatic nitrogens is 1. The predicted octanol–water partition coefficient (Wildman–Crippen LogP) is 5.14. The fourth-order valence-electron chi connectivity index (χ4n) is 2.84. The molecule has 1 heteroatoms. The Hall–Kier alpha value is -2.15.